The lowest BCUT2D eigenvalue weighted by atomic mass is 10.3. The largest absolute Gasteiger partial charge is 0.372 e. The third kappa shape index (κ3) is 3.04. The predicted octanol–water partition coefficient (Wildman–Crippen LogP) is 1.22. The minimum atomic E-state index is -0.600. The summed E-state index contributed by atoms with van der Waals surface area (Å²) in [4.78, 5) is 19.2. The third-order valence-electron chi connectivity index (χ3n) is 0.761. The van der Waals surface area contributed by atoms with Gasteiger partial charge in [-0.25, -0.2) is 4.79 Å². The second-order valence-corrected chi connectivity index (χ2v) is 1.51. The first kappa shape index (κ1) is 8.91. The highest BCUT2D eigenvalue weighted by atomic mass is 17.2. The minimum absolute atomic E-state index is 0.188. The molecular formula is C7H10O3. The van der Waals surface area contributed by atoms with Gasteiger partial charge in [0, 0.05) is 0 Å². The molecule has 0 spiro atoms. The summed E-state index contributed by atoms with van der Waals surface area (Å²) in [6, 6.07) is 0. The van der Waals surface area contributed by atoms with Crippen molar-refractivity contribution in [2.45, 2.75) is 6.92 Å². The Morgan fingerprint density at radius 2 is 2.30 bits per heavy atom. The van der Waals surface area contributed by atoms with Crippen molar-refractivity contribution in [3.63, 3.8) is 0 Å². The zero-order valence-corrected chi connectivity index (χ0v) is 5.92. The standard InChI is InChI=1S/C7H10O3/c1-4-6(3)7(8)10-9-5-2/h4H,1,3,5H2,2H3. The predicted molar refractivity (Wildman–Crippen MR) is 37.1 cm³/mol. The molecule has 0 N–H and O–H groups in total. The van der Waals surface area contributed by atoms with Crippen LogP contribution in [0.1, 0.15) is 6.92 Å². The number of carbonyl (C=O) groups excluding carboxylic acids is 1. The van der Waals surface area contributed by atoms with Crippen LogP contribution < -0.4 is 0 Å². The van der Waals surface area contributed by atoms with Crippen LogP contribution in [-0.4, -0.2) is 12.6 Å². The van der Waals surface area contributed by atoms with Gasteiger partial charge in [0.25, 0.3) is 0 Å². The van der Waals surface area contributed by atoms with E-state index in [2.05, 4.69) is 22.9 Å². The normalized spacial score (nSPS) is 8.50. The smallest absolute Gasteiger partial charge is 0.293 e. The zero-order chi connectivity index (χ0) is 7.98. The fourth-order valence-electron chi connectivity index (χ4n) is 0.249. The van der Waals surface area contributed by atoms with Crippen LogP contribution in [0.15, 0.2) is 24.8 Å². The first-order valence-electron chi connectivity index (χ1n) is 2.87. The van der Waals surface area contributed by atoms with Gasteiger partial charge in [0.05, 0.1) is 12.2 Å². The molecule has 0 saturated heterocycles. The Bertz CT molecular complexity index is 149. The monoisotopic (exact) mass is 142 g/mol. The van der Waals surface area contributed by atoms with Gasteiger partial charge in [0.15, 0.2) is 0 Å². The highest BCUT2D eigenvalue weighted by molar-refractivity contribution is 5.90. The summed E-state index contributed by atoms with van der Waals surface area (Å²) >= 11 is 0. The van der Waals surface area contributed by atoms with Crippen molar-refractivity contribution in [3.05, 3.63) is 24.8 Å². The third-order valence-corrected chi connectivity index (χ3v) is 0.761. The van der Waals surface area contributed by atoms with E-state index in [1.807, 2.05) is 0 Å². The van der Waals surface area contributed by atoms with Gasteiger partial charge in [0.2, 0.25) is 0 Å². The molecule has 0 saturated carbocycles. The summed E-state index contributed by atoms with van der Waals surface area (Å²) in [5.41, 5.74) is 0.188. The van der Waals surface area contributed by atoms with Gasteiger partial charge in [-0.15, -0.1) is 0 Å². The molecule has 0 bridgehead atoms. The maximum Gasteiger partial charge on any atom is 0.372 e. The number of hydrogen-bond donors (Lipinski definition) is 0. The molecular weight excluding hydrogens is 132 g/mol. The van der Waals surface area contributed by atoms with E-state index >= 15 is 0 Å². The highest BCUT2D eigenvalue weighted by Crippen LogP contribution is 1.94. The molecule has 0 radical (unpaired) electrons. The first-order chi connectivity index (χ1) is 4.72. The van der Waals surface area contributed by atoms with Crippen LogP contribution in [0.3, 0.4) is 0 Å². The maximum absolute atomic E-state index is 10.6. The quantitative estimate of drug-likeness (QED) is 0.256. The molecule has 0 aromatic heterocycles. The highest BCUT2D eigenvalue weighted by Gasteiger charge is 2.03. The number of hydrogen-bond acceptors (Lipinski definition) is 3. The van der Waals surface area contributed by atoms with Crippen molar-refractivity contribution < 1.29 is 14.6 Å². The second kappa shape index (κ2) is 4.76. The van der Waals surface area contributed by atoms with E-state index in [1.54, 1.807) is 6.92 Å². The average molecular weight is 142 g/mol. The van der Waals surface area contributed by atoms with Gasteiger partial charge in [-0.1, -0.05) is 19.2 Å². The fraction of sp³-hybridized carbons (Fsp3) is 0.286. The van der Waals surface area contributed by atoms with Crippen LogP contribution in [0.25, 0.3) is 0 Å². The van der Waals surface area contributed by atoms with E-state index in [4.69, 9.17) is 0 Å². The summed E-state index contributed by atoms with van der Waals surface area (Å²) < 4.78 is 0. The van der Waals surface area contributed by atoms with Crippen LogP contribution in [0, 0.1) is 0 Å². The Hall–Kier alpha value is -1.09. The average Bonchev–Trinajstić information content (AvgIpc) is 1.98. The summed E-state index contributed by atoms with van der Waals surface area (Å²) in [6.07, 6.45) is 1.31. The molecule has 0 aromatic carbocycles. The van der Waals surface area contributed by atoms with Gasteiger partial charge in [-0.3, -0.25) is 4.89 Å². The molecule has 0 aliphatic heterocycles. The molecule has 3 heteroatoms. The Balaban J connectivity index is 3.62. The lowest BCUT2D eigenvalue weighted by molar-refractivity contribution is -0.265. The lowest BCUT2D eigenvalue weighted by Gasteiger charge is -1.98. The Morgan fingerprint density at radius 1 is 1.70 bits per heavy atom. The second-order valence-electron chi connectivity index (χ2n) is 1.51. The number of carbonyl (C=O) groups is 1. The van der Waals surface area contributed by atoms with Crippen molar-refractivity contribution in [1.29, 1.82) is 0 Å². The van der Waals surface area contributed by atoms with E-state index < -0.39 is 5.97 Å². The summed E-state index contributed by atoms with van der Waals surface area (Å²) in [7, 11) is 0. The molecule has 56 valence electrons. The SMILES string of the molecule is C=CC(=C)C(=O)OOCC. The summed E-state index contributed by atoms with van der Waals surface area (Å²) in [5.74, 6) is -0.600. The molecule has 0 atom stereocenters. The molecule has 0 aliphatic carbocycles. The summed E-state index contributed by atoms with van der Waals surface area (Å²) in [5, 5.41) is 0. The number of rotatable bonds is 4. The molecule has 0 amide bonds. The van der Waals surface area contributed by atoms with Crippen LogP contribution in [0.2, 0.25) is 0 Å². The van der Waals surface area contributed by atoms with E-state index in [1.165, 1.54) is 6.08 Å². The van der Waals surface area contributed by atoms with Gasteiger partial charge < -0.3 is 0 Å². The van der Waals surface area contributed by atoms with Gasteiger partial charge in [-0.2, -0.15) is 4.89 Å². The van der Waals surface area contributed by atoms with E-state index in [0.29, 0.717) is 6.61 Å². The first-order valence-corrected chi connectivity index (χ1v) is 2.87. The van der Waals surface area contributed by atoms with E-state index in [0.717, 1.165) is 0 Å². The maximum atomic E-state index is 10.6. The van der Waals surface area contributed by atoms with Crippen molar-refractivity contribution in [1.82, 2.24) is 0 Å². The van der Waals surface area contributed by atoms with Crippen LogP contribution in [-0.2, 0) is 14.6 Å². The Morgan fingerprint density at radius 3 is 2.70 bits per heavy atom. The van der Waals surface area contributed by atoms with E-state index in [9.17, 15) is 4.79 Å². The zero-order valence-electron chi connectivity index (χ0n) is 5.92. The van der Waals surface area contributed by atoms with Crippen LogP contribution in [0.5, 0.6) is 0 Å². The van der Waals surface area contributed by atoms with Crippen LogP contribution >= 0.6 is 0 Å². The fourth-order valence-corrected chi connectivity index (χ4v) is 0.249. The van der Waals surface area contributed by atoms with Gasteiger partial charge >= 0.3 is 5.97 Å². The summed E-state index contributed by atoms with van der Waals surface area (Å²) in [6.45, 7) is 8.73. The molecule has 0 rings (SSSR count). The van der Waals surface area contributed by atoms with Gasteiger partial charge in [-0.05, 0) is 6.92 Å². The van der Waals surface area contributed by atoms with Crippen molar-refractivity contribution in [2.75, 3.05) is 6.61 Å². The van der Waals surface area contributed by atoms with Crippen molar-refractivity contribution in [3.8, 4) is 0 Å². The molecule has 0 fully saturated rings. The van der Waals surface area contributed by atoms with Crippen molar-refractivity contribution in [2.24, 2.45) is 0 Å². The molecule has 3 nitrogen and oxygen atoms in total. The Labute approximate surface area is 59.9 Å². The molecule has 0 aliphatic rings. The molecule has 0 unspecified atom stereocenters. The van der Waals surface area contributed by atoms with E-state index in [-0.39, 0.29) is 5.57 Å². The van der Waals surface area contributed by atoms with Gasteiger partial charge in [0.1, 0.15) is 0 Å². The lowest BCUT2D eigenvalue weighted by Crippen LogP contribution is -2.05. The minimum Gasteiger partial charge on any atom is -0.293 e. The molecule has 0 heterocycles. The topological polar surface area (TPSA) is 35.5 Å². The molecule has 0 aromatic rings. The van der Waals surface area contributed by atoms with Crippen molar-refractivity contribution >= 4 is 5.97 Å². The molecule has 10 heavy (non-hydrogen) atoms. The van der Waals surface area contributed by atoms with Crippen LogP contribution in [0.4, 0.5) is 0 Å². The Kier molecular flexibility index (Phi) is 4.24.